The van der Waals surface area contributed by atoms with Crippen LogP contribution in [0.3, 0.4) is 0 Å². The molecule has 200 valence electrons. The molecule has 0 bridgehead atoms. The summed E-state index contributed by atoms with van der Waals surface area (Å²) in [7, 11) is 3.13. The number of aliphatic hydroxyl groups is 1. The van der Waals surface area contributed by atoms with Gasteiger partial charge >= 0.3 is 0 Å². The van der Waals surface area contributed by atoms with E-state index >= 15 is 0 Å². The van der Waals surface area contributed by atoms with Crippen molar-refractivity contribution in [3.63, 3.8) is 0 Å². The van der Waals surface area contributed by atoms with Gasteiger partial charge in [0.15, 0.2) is 34.7 Å². The van der Waals surface area contributed by atoms with E-state index in [9.17, 15) is 34.2 Å². The molecule has 2 saturated carbocycles. The Hall–Kier alpha value is -3.95. The van der Waals surface area contributed by atoms with Crippen LogP contribution in [0.25, 0.3) is 11.6 Å². The van der Waals surface area contributed by atoms with Gasteiger partial charge in [-0.15, -0.1) is 0 Å². The molecule has 9 nitrogen and oxygen atoms in total. The Morgan fingerprint density at radius 2 is 1.77 bits per heavy atom. The van der Waals surface area contributed by atoms with Gasteiger partial charge in [-0.1, -0.05) is 36.4 Å². The van der Waals surface area contributed by atoms with Gasteiger partial charge in [0.1, 0.15) is 5.75 Å². The van der Waals surface area contributed by atoms with Gasteiger partial charge < -0.3 is 15.9 Å². The van der Waals surface area contributed by atoms with E-state index in [4.69, 9.17) is 5.73 Å². The van der Waals surface area contributed by atoms with Gasteiger partial charge in [0.05, 0.1) is 17.5 Å². The maximum Gasteiger partial charge on any atom is 0.235 e. The largest absolute Gasteiger partial charge is 0.507 e. The highest BCUT2D eigenvalue weighted by Crippen LogP contribution is 2.51. The van der Waals surface area contributed by atoms with E-state index in [0.717, 1.165) is 22.3 Å². The zero-order valence-electron chi connectivity index (χ0n) is 21.5. The number of carbonyl (C=O) groups excluding carboxylic acids is 5. The molecule has 6 atom stereocenters. The Morgan fingerprint density at radius 3 is 2.44 bits per heavy atom. The van der Waals surface area contributed by atoms with E-state index in [1.165, 1.54) is 11.0 Å². The second-order valence-corrected chi connectivity index (χ2v) is 11.3. The number of allylic oxidation sites excluding steroid dienone is 1. The summed E-state index contributed by atoms with van der Waals surface area (Å²) in [4.78, 5) is 68.0. The Balaban J connectivity index is 1.46. The van der Waals surface area contributed by atoms with Crippen LogP contribution in [0.2, 0.25) is 0 Å². The number of aromatic hydroxyl groups is 1. The molecule has 2 aromatic carbocycles. The standard InChI is InChI=1S/C30H28N2O7/c1-32(2)24-19-12-16-11-18-17(15-9-13-5-3-4-6-14(13)10-15)7-8-20(33)22(18)25(34)21(16)27(36)30(19,39)28(37)23(26(24)35)29(31)38/h3-9,16,19,21,23-24,33,39H,10-12H2,1-2H3,(H2,31,38)/t16-,19-,21?,23?,24-,30-/m0/s1. The minimum absolute atomic E-state index is 0.0101. The molecule has 6 rings (SSSR count). The highest BCUT2D eigenvalue weighted by atomic mass is 16.3. The van der Waals surface area contributed by atoms with Crippen LogP contribution in [0.5, 0.6) is 5.75 Å². The van der Waals surface area contributed by atoms with Crippen molar-refractivity contribution in [3.05, 3.63) is 64.2 Å². The first-order valence-electron chi connectivity index (χ1n) is 12.9. The van der Waals surface area contributed by atoms with Gasteiger partial charge in [-0.25, -0.2) is 0 Å². The van der Waals surface area contributed by atoms with E-state index in [2.05, 4.69) is 0 Å². The number of phenolic OH excluding ortho intramolecular Hbond substituents is 1. The smallest absolute Gasteiger partial charge is 0.235 e. The summed E-state index contributed by atoms with van der Waals surface area (Å²) >= 11 is 0. The molecule has 9 heteroatoms. The highest BCUT2D eigenvalue weighted by molar-refractivity contribution is 6.32. The number of rotatable bonds is 3. The molecule has 4 aliphatic carbocycles. The fraction of sp³-hybridized carbons (Fsp3) is 0.367. The number of nitrogens with zero attached hydrogens (tertiary/aromatic N) is 1. The van der Waals surface area contributed by atoms with E-state index in [1.807, 2.05) is 30.3 Å². The van der Waals surface area contributed by atoms with Gasteiger partial charge in [0, 0.05) is 5.92 Å². The number of phenols is 1. The molecule has 2 unspecified atom stereocenters. The van der Waals surface area contributed by atoms with Gasteiger partial charge in [-0.2, -0.15) is 0 Å². The lowest BCUT2D eigenvalue weighted by Crippen LogP contribution is -2.74. The maximum absolute atomic E-state index is 13.9. The summed E-state index contributed by atoms with van der Waals surface area (Å²) in [6.07, 6.45) is 2.96. The number of ketones is 4. The maximum atomic E-state index is 13.9. The molecule has 2 fully saturated rings. The molecule has 4 aliphatic rings. The molecule has 0 aliphatic heterocycles. The summed E-state index contributed by atoms with van der Waals surface area (Å²) in [5.41, 5.74) is 7.26. The van der Waals surface area contributed by atoms with Crippen molar-refractivity contribution in [1.29, 1.82) is 0 Å². The zero-order chi connectivity index (χ0) is 28.0. The van der Waals surface area contributed by atoms with Crippen LogP contribution in [0.15, 0.2) is 36.4 Å². The summed E-state index contributed by atoms with van der Waals surface area (Å²) in [5.74, 6) is -10.4. The fourth-order valence-corrected chi connectivity index (χ4v) is 7.36. The van der Waals surface area contributed by atoms with Gasteiger partial charge in [-0.3, -0.25) is 28.9 Å². The zero-order valence-corrected chi connectivity index (χ0v) is 21.5. The minimum Gasteiger partial charge on any atom is -0.507 e. The number of hydrogen-bond donors (Lipinski definition) is 3. The lowest BCUT2D eigenvalue weighted by Gasteiger charge is -2.52. The normalized spacial score (nSPS) is 31.4. The molecular formula is C30H28N2O7. The molecule has 0 saturated heterocycles. The van der Waals surface area contributed by atoms with Crippen molar-refractivity contribution in [2.24, 2.45) is 29.4 Å². The SMILES string of the molecule is CN(C)[C@@H]1C(=O)C(C(N)=O)C(=O)[C@@]2(O)C(=O)C3C(=O)c4c(O)ccc(C5=Cc6ccccc6C5)c4C[C@H]3C[C@@H]12. The Bertz CT molecular complexity index is 1540. The molecule has 1 amide bonds. The van der Waals surface area contributed by atoms with E-state index in [1.54, 1.807) is 20.2 Å². The van der Waals surface area contributed by atoms with Crippen molar-refractivity contribution < 1.29 is 34.2 Å². The Morgan fingerprint density at radius 1 is 1.05 bits per heavy atom. The lowest BCUT2D eigenvalue weighted by molar-refractivity contribution is -0.181. The van der Waals surface area contributed by atoms with Crippen molar-refractivity contribution in [3.8, 4) is 5.75 Å². The number of benzene rings is 2. The minimum atomic E-state index is -2.72. The van der Waals surface area contributed by atoms with Crippen molar-refractivity contribution in [1.82, 2.24) is 4.90 Å². The van der Waals surface area contributed by atoms with Crippen LogP contribution < -0.4 is 5.73 Å². The summed E-state index contributed by atoms with van der Waals surface area (Å²) in [6, 6.07) is 10.0. The molecule has 0 aromatic heterocycles. The lowest BCUT2D eigenvalue weighted by atomic mass is 9.52. The number of carbonyl (C=O) groups is 5. The number of likely N-dealkylation sites (N-methyl/N-ethyl adjacent to an activating group) is 1. The van der Waals surface area contributed by atoms with Crippen LogP contribution in [-0.2, 0) is 32.0 Å². The highest BCUT2D eigenvalue weighted by Gasteiger charge is 2.69. The molecule has 0 radical (unpaired) electrons. The second-order valence-electron chi connectivity index (χ2n) is 11.3. The number of nitrogens with two attached hydrogens (primary N) is 1. The number of Topliss-reactive ketones (excluding diaryl/α,β-unsaturated/α-hetero) is 4. The first-order chi connectivity index (χ1) is 18.5. The van der Waals surface area contributed by atoms with Crippen molar-refractivity contribution >= 4 is 40.7 Å². The van der Waals surface area contributed by atoms with Crippen molar-refractivity contribution in [2.75, 3.05) is 14.1 Å². The fourth-order valence-electron chi connectivity index (χ4n) is 7.36. The second kappa shape index (κ2) is 8.53. The first-order valence-corrected chi connectivity index (χ1v) is 12.9. The third-order valence-electron chi connectivity index (χ3n) is 9.06. The van der Waals surface area contributed by atoms with Crippen LogP contribution in [0.4, 0.5) is 0 Å². The van der Waals surface area contributed by atoms with Gasteiger partial charge in [-0.05, 0) is 73.2 Å². The van der Waals surface area contributed by atoms with Gasteiger partial charge in [0.2, 0.25) is 5.91 Å². The van der Waals surface area contributed by atoms with Crippen LogP contribution >= 0.6 is 0 Å². The van der Waals surface area contributed by atoms with E-state index < -0.39 is 64.4 Å². The summed E-state index contributed by atoms with van der Waals surface area (Å²) < 4.78 is 0. The van der Waals surface area contributed by atoms with E-state index in [-0.39, 0.29) is 24.2 Å². The molecule has 0 spiro atoms. The molecular weight excluding hydrogens is 500 g/mol. The number of hydrogen-bond acceptors (Lipinski definition) is 8. The number of amides is 1. The molecule has 2 aromatic rings. The van der Waals surface area contributed by atoms with Crippen LogP contribution in [-0.4, -0.2) is 69.9 Å². The average Bonchev–Trinajstić information content (AvgIpc) is 3.30. The first kappa shape index (κ1) is 25.3. The molecule has 0 heterocycles. The monoisotopic (exact) mass is 528 g/mol. The number of fused-ring (bicyclic) bond motifs is 4. The Kier molecular flexibility index (Phi) is 5.54. The third-order valence-corrected chi connectivity index (χ3v) is 9.06. The molecule has 39 heavy (non-hydrogen) atoms. The van der Waals surface area contributed by atoms with E-state index in [0.29, 0.717) is 12.0 Å². The average molecular weight is 529 g/mol. The van der Waals surface area contributed by atoms with Gasteiger partial charge in [0.25, 0.3) is 0 Å². The topological polar surface area (TPSA) is 155 Å². The molecule has 4 N–H and O–H groups in total. The summed E-state index contributed by atoms with van der Waals surface area (Å²) in [5, 5.41) is 22.4. The third kappa shape index (κ3) is 3.36. The summed E-state index contributed by atoms with van der Waals surface area (Å²) in [6.45, 7) is 0. The predicted octanol–water partition coefficient (Wildman–Crippen LogP) is 0.964. The van der Waals surface area contributed by atoms with Crippen molar-refractivity contribution in [2.45, 2.75) is 30.9 Å². The number of primary amides is 1. The Labute approximate surface area is 224 Å². The van der Waals surface area contributed by atoms with Crippen LogP contribution in [0.1, 0.15) is 39.0 Å². The quantitative estimate of drug-likeness (QED) is 0.498. The predicted molar refractivity (Wildman–Crippen MR) is 139 cm³/mol. The van der Waals surface area contributed by atoms with Crippen LogP contribution in [0, 0.1) is 23.7 Å².